The van der Waals surface area contributed by atoms with Crippen LogP contribution in [0.2, 0.25) is 0 Å². The maximum Gasteiger partial charge on any atom is 0.129 e. The number of hydrogen-bond donors (Lipinski definition) is 2. The second-order valence-electron chi connectivity index (χ2n) is 5.16. The number of rotatable bonds is 4. The zero-order valence-electron chi connectivity index (χ0n) is 11.2. The van der Waals surface area contributed by atoms with Crippen molar-refractivity contribution in [1.29, 1.82) is 5.41 Å². The highest BCUT2D eigenvalue weighted by atomic mass is 15.2. The van der Waals surface area contributed by atoms with E-state index >= 15 is 0 Å². The van der Waals surface area contributed by atoms with Gasteiger partial charge in [0, 0.05) is 24.3 Å². The lowest BCUT2D eigenvalue weighted by molar-refractivity contribution is 0.529. The molecule has 1 fully saturated rings. The van der Waals surface area contributed by atoms with Gasteiger partial charge in [0.05, 0.1) is 0 Å². The van der Waals surface area contributed by atoms with Gasteiger partial charge in [0.25, 0.3) is 0 Å². The fourth-order valence-corrected chi connectivity index (χ4v) is 2.65. The Morgan fingerprint density at radius 3 is 3.00 bits per heavy atom. The first-order valence-electron chi connectivity index (χ1n) is 6.68. The molecule has 0 bridgehead atoms. The van der Waals surface area contributed by atoms with E-state index in [1.807, 2.05) is 19.1 Å². The molecule has 1 aliphatic rings. The van der Waals surface area contributed by atoms with Crippen molar-refractivity contribution in [3.05, 3.63) is 23.4 Å². The van der Waals surface area contributed by atoms with Gasteiger partial charge in [-0.2, -0.15) is 0 Å². The average molecular weight is 246 g/mol. The zero-order chi connectivity index (χ0) is 13.1. The summed E-state index contributed by atoms with van der Waals surface area (Å²) in [6.07, 6.45) is 3.79. The molecule has 1 unspecified atom stereocenters. The summed E-state index contributed by atoms with van der Waals surface area (Å²) in [6, 6.07) is 3.80. The largest absolute Gasteiger partial charge is 0.384 e. The van der Waals surface area contributed by atoms with Gasteiger partial charge >= 0.3 is 0 Å². The summed E-state index contributed by atoms with van der Waals surface area (Å²) in [6.45, 7) is 6.34. The molecule has 0 radical (unpaired) electrons. The number of anilines is 1. The van der Waals surface area contributed by atoms with Crippen LogP contribution in [-0.2, 0) is 0 Å². The molecule has 0 spiro atoms. The van der Waals surface area contributed by atoms with Crippen molar-refractivity contribution >= 4 is 11.7 Å². The van der Waals surface area contributed by atoms with Crippen LogP contribution in [-0.4, -0.2) is 23.9 Å². The molecule has 3 N–H and O–H groups in total. The number of amidine groups is 1. The standard InChI is InChI=1S/C14H22N4/c1-3-4-11-5-6-18(9-11)13-8-12(14(15)16)7-10(2)17-13/h7-8,11H,3-6,9H2,1-2H3,(H3,15,16). The summed E-state index contributed by atoms with van der Waals surface area (Å²) in [5, 5.41) is 7.54. The van der Waals surface area contributed by atoms with Crippen molar-refractivity contribution in [3.63, 3.8) is 0 Å². The van der Waals surface area contributed by atoms with E-state index in [0.717, 1.165) is 36.1 Å². The van der Waals surface area contributed by atoms with Gasteiger partial charge in [-0.25, -0.2) is 4.98 Å². The van der Waals surface area contributed by atoms with Gasteiger partial charge in [-0.15, -0.1) is 0 Å². The Balaban J connectivity index is 2.16. The first-order chi connectivity index (χ1) is 8.60. The Morgan fingerprint density at radius 2 is 2.33 bits per heavy atom. The van der Waals surface area contributed by atoms with Gasteiger partial charge in [0.15, 0.2) is 0 Å². The maximum atomic E-state index is 7.54. The molecule has 1 aliphatic heterocycles. The van der Waals surface area contributed by atoms with Gasteiger partial charge in [0.2, 0.25) is 0 Å². The van der Waals surface area contributed by atoms with Gasteiger partial charge in [-0.1, -0.05) is 13.3 Å². The number of nitrogens with one attached hydrogen (secondary N) is 1. The third kappa shape index (κ3) is 2.81. The Labute approximate surface area is 109 Å². The SMILES string of the molecule is CCCC1CCN(c2cc(C(=N)N)cc(C)n2)C1. The molecule has 4 nitrogen and oxygen atoms in total. The number of pyridine rings is 1. The van der Waals surface area contributed by atoms with E-state index in [0.29, 0.717) is 0 Å². The van der Waals surface area contributed by atoms with E-state index in [1.165, 1.54) is 19.3 Å². The van der Waals surface area contributed by atoms with Crippen molar-refractivity contribution in [2.75, 3.05) is 18.0 Å². The van der Waals surface area contributed by atoms with Gasteiger partial charge in [-0.05, 0) is 37.8 Å². The first-order valence-corrected chi connectivity index (χ1v) is 6.68. The van der Waals surface area contributed by atoms with Crippen molar-refractivity contribution in [3.8, 4) is 0 Å². The first kappa shape index (κ1) is 12.9. The number of aromatic nitrogens is 1. The number of hydrogen-bond acceptors (Lipinski definition) is 3. The minimum Gasteiger partial charge on any atom is -0.384 e. The lowest BCUT2D eigenvalue weighted by atomic mass is 10.0. The Bertz CT molecular complexity index is 441. The van der Waals surface area contributed by atoms with Crippen LogP contribution in [0.4, 0.5) is 5.82 Å². The number of nitrogen functional groups attached to an aromatic ring is 1. The molecule has 0 amide bonds. The topological polar surface area (TPSA) is 66.0 Å². The molecule has 2 heterocycles. The number of aryl methyl sites for hydroxylation is 1. The molecular weight excluding hydrogens is 224 g/mol. The third-order valence-electron chi connectivity index (χ3n) is 3.56. The van der Waals surface area contributed by atoms with Crippen LogP contribution in [0.3, 0.4) is 0 Å². The molecule has 0 saturated carbocycles. The normalized spacial score (nSPS) is 19.2. The second-order valence-corrected chi connectivity index (χ2v) is 5.16. The average Bonchev–Trinajstić information content (AvgIpc) is 2.77. The van der Waals surface area contributed by atoms with Crippen LogP contribution in [0, 0.1) is 18.3 Å². The fourth-order valence-electron chi connectivity index (χ4n) is 2.65. The predicted molar refractivity (Wildman–Crippen MR) is 75.2 cm³/mol. The summed E-state index contributed by atoms with van der Waals surface area (Å²) in [4.78, 5) is 6.89. The molecule has 0 aromatic carbocycles. The second kappa shape index (κ2) is 5.38. The Hall–Kier alpha value is -1.58. The van der Waals surface area contributed by atoms with E-state index in [9.17, 15) is 0 Å². The van der Waals surface area contributed by atoms with Crippen LogP contribution in [0.1, 0.15) is 37.4 Å². The molecule has 4 heteroatoms. The summed E-state index contributed by atoms with van der Waals surface area (Å²) >= 11 is 0. The van der Waals surface area contributed by atoms with E-state index in [-0.39, 0.29) is 5.84 Å². The van der Waals surface area contributed by atoms with E-state index in [2.05, 4.69) is 16.8 Å². The fraction of sp³-hybridized carbons (Fsp3) is 0.571. The summed E-state index contributed by atoms with van der Waals surface area (Å²) in [5.41, 5.74) is 7.26. The van der Waals surface area contributed by atoms with E-state index in [1.54, 1.807) is 0 Å². The molecule has 18 heavy (non-hydrogen) atoms. The lowest BCUT2D eigenvalue weighted by Crippen LogP contribution is -2.22. The van der Waals surface area contributed by atoms with Crippen molar-refractivity contribution in [2.24, 2.45) is 11.7 Å². The zero-order valence-corrected chi connectivity index (χ0v) is 11.2. The maximum absolute atomic E-state index is 7.54. The molecule has 1 aromatic heterocycles. The summed E-state index contributed by atoms with van der Waals surface area (Å²) in [5.74, 6) is 1.88. The molecule has 2 rings (SSSR count). The molecular formula is C14H22N4. The Kier molecular flexibility index (Phi) is 3.84. The van der Waals surface area contributed by atoms with Crippen LogP contribution in [0.5, 0.6) is 0 Å². The minimum atomic E-state index is 0.117. The van der Waals surface area contributed by atoms with Crippen molar-refractivity contribution < 1.29 is 0 Å². The number of nitrogens with two attached hydrogens (primary N) is 1. The highest BCUT2D eigenvalue weighted by Gasteiger charge is 2.23. The van der Waals surface area contributed by atoms with Gasteiger partial charge in [-0.3, -0.25) is 5.41 Å². The summed E-state index contributed by atoms with van der Waals surface area (Å²) < 4.78 is 0. The van der Waals surface area contributed by atoms with Crippen LogP contribution >= 0.6 is 0 Å². The molecule has 1 saturated heterocycles. The quantitative estimate of drug-likeness (QED) is 0.633. The lowest BCUT2D eigenvalue weighted by Gasteiger charge is -2.19. The molecule has 0 aliphatic carbocycles. The van der Waals surface area contributed by atoms with Gasteiger partial charge < -0.3 is 10.6 Å². The molecule has 1 aromatic rings. The minimum absolute atomic E-state index is 0.117. The number of nitrogens with zero attached hydrogens (tertiary/aromatic N) is 2. The predicted octanol–water partition coefficient (Wildman–Crippen LogP) is 2.30. The summed E-state index contributed by atoms with van der Waals surface area (Å²) in [7, 11) is 0. The third-order valence-corrected chi connectivity index (χ3v) is 3.56. The molecule has 1 atom stereocenters. The van der Waals surface area contributed by atoms with Crippen molar-refractivity contribution in [1.82, 2.24) is 4.98 Å². The van der Waals surface area contributed by atoms with Gasteiger partial charge in [0.1, 0.15) is 11.7 Å². The highest BCUT2D eigenvalue weighted by molar-refractivity contribution is 5.95. The van der Waals surface area contributed by atoms with Crippen LogP contribution in [0.25, 0.3) is 0 Å². The monoisotopic (exact) mass is 246 g/mol. The Morgan fingerprint density at radius 1 is 1.56 bits per heavy atom. The smallest absolute Gasteiger partial charge is 0.129 e. The van der Waals surface area contributed by atoms with Crippen LogP contribution < -0.4 is 10.6 Å². The van der Waals surface area contributed by atoms with Crippen molar-refractivity contribution in [2.45, 2.75) is 33.1 Å². The van der Waals surface area contributed by atoms with E-state index < -0.39 is 0 Å². The van der Waals surface area contributed by atoms with E-state index in [4.69, 9.17) is 11.1 Å². The molecule has 98 valence electrons. The van der Waals surface area contributed by atoms with Crippen LogP contribution in [0.15, 0.2) is 12.1 Å². The highest BCUT2D eigenvalue weighted by Crippen LogP contribution is 2.26.